The Hall–Kier alpha value is -3.22. The molecule has 0 saturated heterocycles. The molecule has 0 aliphatic rings. The van der Waals surface area contributed by atoms with Gasteiger partial charge in [0.05, 0.1) is 19.1 Å². The lowest BCUT2D eigenvalue weighted by molar-refractivity contribution is 0.685. The van der Waals surface area contributed by atoms with E-state index in [1.807, 2.05) is 29.1 Å². The van der Waals surface area contributed by atoms with Gasteiger partial charge >= 0.3 is 0 Å². The Morgan fingerprint density at radius 1 is 1.08 bits per heavy atom. The Labute approximate surface area is 143 Å². The lowest BCUT2D eigenvalue weighted by atomic mass is 10.1. The number of nitrogens with one attached hydrogen (secondary N) is 2. The number of H-pyrrole nitrogens is 2. The zero-order valence-electron chi connectivity index (χ0n) is 13.6. The van der Waals surface area contributed by atoms with Crippen molar-refractivity contribution in [3.63, 3.8) is 0 Å². The highest BCUT2D eigenvalue weighted by atomic mass is 16.1. The van der Waals surface area contributed by atoms with Crippen LogP contribution in [-0.4, -0.2) is 29.7 Å². The zero-order valence-corrected chi connectivity index (χ0v) is 13.6. The number of hydrogen-bond acceptors (Lipinski definition) is 4. The van der Waals surface area contributed by atoms with Gasteiger partial charge in [-0.05, 0) is 24.0 Å². The van der Waals surface area contributed by atoms with E-state index in [-0.39, 0.29) is 5.56 Å². The fourth-order valence-corrected chi connectivity index (χ4v) is 2.86. The summed E-state index contributed by atoms with van der Waals surface area (Å²) in [5.41, 5.74) is 3.15. The molecule has 7 nitrogen and oxygen atoms in total. The molecule has 0 unspecified atom stereocenters. The summed E-state index contributed by atoms with van der Waals surface area (Å²) in [6.07, 6.45) is 7.96. The summed E-state index contributed by atoms with van der Waals surface area (Å²) in [5.74, 6) is 0.788. The normalized spacial score (nSPS) is 11.2. The third-order valence-electron chi connectivity index (χ3n) is 4.10. The van der Waals surface area contributed by atoms with Crippen LogP contribution in [0, 0.1) is 0 Å². The van der Waals surface area contributed by atoms with Crippen LogP contribution in [0.5, 0.6) is 0 Å². The van der Waals surface area contributed by atoms with E-state index in [0.29, 0.717) is 11.2 Å². The lowest BCUT2D eigenvalue weighted by Crippen LogP contribution is -2.05. The molecule has 7 heteroatoms. The van der Waals surface area contributed by atoms with Crippen LogP contribution in [-0.2, 0) is 19.4 Å². The first-order valence-electron chi connectivity index (χ1n) is 8.25. The van der Waals surface area contributed by atoms with Gasteiger partial charge < -0.3 is 9.97 Å². The van der Waals surface area contributed by atoms with E-state index in [9.17, 15) is 4.79 Å². The molecule has 0 amide bonds. The second kappa shape index (κ2) is 6.72. The molecule has 3 aromatic heterocycles. The van der Waals surface area contributed by atoms with Crippen molar-refractivity contribution < 1.29 is 0 Å². The third kappa shape index (κ3) is 3.50. The highest BCUT2D eigenvalue weighted by Gasteiger charge is 2.07. The first-order chi connectivity index (χ1) is 12.3. The molecule has 1 aromatic carbocycles. The van der Waals surface area contributed by atoms with Crippen molar-refractivity contribution in [3.05, 3.63) is 76.4 Å². The summed E-state index contributed by atoms with van der Waals surface area (Å²) in [4.78, 5) is 25.7. The van der Waals surface area contributed by atoms with E-state index in [4.69, 9.17) is 0 Å². The molecule has 4 rings (SSSR count). The van der Waals surface area contributed by atoms with Gasteiger partial charge in [0, 0.05) is 12.6 Å². The fourth-order valence-electron chi connectivity index (χ4n) is 2.86. The van der Waals surface area contributed by atoms with Crippen molar-refractivity contribution in [1.82, 2.24) is 29.7 Å². The van der Waals surface area contributed by atoms with Crippen molar-refractivity contribution >= 4 is 11.2 Å². The molecule has 2 N–H and O–H groups in total. The van der Waals surface area contributed by atoms with Gasteiger partial charge in [-0.2, -0.15) is 5.10 Å². The highest BCUT2D eigenvalue weighted by Crippen LogP contribution is 2.09. The van der Waals surface area contributed by atoms with E-state index in [1.165, 1.54) is 17.5 Å². The minimum absolute atomic E-state index is 0.189. The van der Waals surface area contributed by atoms with Gasteiger partial charge in [0.15, 0.2) is 11.2 Å². The largest absolute Gasteiger partial charge is 0.336 e. The van der Waals surface area contributed by atoms with Gasteiger partial charge in [0.1, 0.15) is 5.82 Å². The SMILES string of the molecule is O=c1[nH]cnc2nc(CCCc3cnn(Cc4ccccc4)c3)[nH]c12. The Morgan fingerprint density at radius 2 is 1.96 bits per heavy atom. The Morgan fingerprint density at radius 3 is 2.80 bits per heavy atom. The lowest BCUT2D eigenvalue weighted by Gasteiger charge is -2.00. The summed E-state index contributed by atoms with van der Waals surface area (Å²) in [7, 11) is 0. The van der Waals surface area contributed by atoms with Gasteiger partial charge in [0.25, 0.3) is 5.56 Å². The highest BCUT2D eigenvalue weighted by molar-refractivity contribution is 5.68. The fraction of sp³-hybridized carbons (Fsp3) is 0.222. The number of benzene rings is 1. The van der Waals surface area contributed by atoms with Crippen molar-refractivity contribution in [2.75, 3.05) is 0 Å². The molecule has 0 aliphatic heterocycles. The van der Waals surface area contributed by atoms with Crippen LogP contribution in [0.15, 0.2) is 53.8 Å². The van der Waals surface area contributed by atoms with Crippen LogP contribution in [0.3, 0.4) is 0 Å². The number of nitrogens with zero attached hydrogens (tertiary/aromatic N) is 4. The molecule has 25 heavy (non-hydrogen) atoms. The summed E-state index contributed by atoms with van der Waals surface area (Å²) >= 11 is 0. The summed E-state index contributed by atoms with van der Waals surface area (Å²) in [6, 6.07) is 10.3. The van der Waals surface area contributed by atoms with Crippen LogP contribution < -0.4 is 5.56 Å². The average Bonchev–Trinajstić information content (AvgIpc) is 3.23. The van der Waals surface area contributed by atoms with Gasteiger partial charge in [-0.3, -0.25) is 9.48 Å². The minimum atomic E-state index is -0.189. The molecule has 0 fully saturated rings. The van der Waals surface area contributed by atoms with E-state index in [0.717, 1.165) is 31.6 Å². The average molecular weight is 334 g/mol. The molecule has 0 bridgehead atoms. The summed E-state index contributed by atoms with van der Waals surface area (Å²) in [6.45, 7) is 0.777. The maximum absolute atomic E-state index is 11.7. The number of imidazole rings is 1. The Bertz CT molecular complexity index is 1030. The van der Waals surface area contributed by atoms with Crippen molar-refractivity contribution in [2.45, 2.75) is 25.8 Å². The standard InChI is InChI=1S/C18H18N6O/c25-18-16-17(19-12-20-18)23-15(22-16)8-4-7-14-9-21-24(11-14)10-13-5-2-1-3-6-13/h1-3,5-6,9,11-12H,4,7-8,10H2,(H2,19,20,22,23,25). The number of fused-ring (bicyclic) bond motifs is 1. The molecule has 0 saturated carbocycles. The molecule has 0 aliphatic carbocycles. The minimum Gasteiger partial charge on any atom is -0.336 e. The molecule has 0 spiro atoms. The van der Waals surface area contributed by atoms with Gasteiger partial charge in [-0.25, -0.2) is 9.97 Å². The molecule has 126 valence electrons. The van der Waals surface area contributed by atoms with Gasteiger partial charge in [0.2, 0.25) is 0 Å². The van der Waals surface area contributed by atoms with E-state index < -0.39 is 0 Å². The first kappa shape index (κ1) is 15.3. The first-order valence-corrected chi connectivity index (χ1v) is 8.25. The number of hydrogen-bond donors (Lipinski definition) is 2. The number of aromatic nitrogens is 6. The summed E-state index contributed by atoms with van der Waals surface area (Å²) in [5, 5.41) is 4.42. The smallest absolute Gasteiger partial charge is 0.276 e. The second-order valence-electron chi connectivity index (χ2n) is 6.00. The molecule has 3 heterocycles. The van der Waals surface area contributed by atoms with Crippen LogP contribution >= 0.6 is 0 Å². The van der Waals surface area contributed by atoms with Gasteiger partial charge in [-0.15, -0.1) is 0 Å². The molecular weight excluding hydrogens is 316 g/mol. The number of aryl methyl sites for hydroxylation is 2. The van der Waals surface area contributed by atoms with E-state index in [1.54, 1.807) is 0 Å². The number of aromatic amines is 2. The molecular formula is C18H18N6O. The maximum Gasteiger partial charge on any atom is 0.276 e. The molecule has 0 atom stereocenters. The molecule has 4 aromatic rings. The van der Waals surface area contributed by atoms with Crippen molar-refractivity contribution in [3.8, 4) is 0 Å². The van der Waals surface area contributed by atoms with Crippen LogP contribution in [0.4, 0.5) is 0 Å². The van der Waals surface area contributed by atoms with Crippen LogP contribution in [0.2, 0.25) is 0 Å². The van der Waals surface area contributed by atoms with Gasteiger partial charge in [-0.1, -0.05) is 30.3 Å². The van der Waals surface area contributed by atoms with Crippen molar-refractivity contribution in [2.24, 2.45) is 0 Å². The Kier molecular flexibility index (Phi) is 4.12. The Balaban J connectivity index is 1.35. The van der Waals surface area contributed by atoms with Crippen LogP contribution in [0.1, 0.15) is 23.4 Å². The quantitative estimate of drug-likeness (QED) is 0.564. The second-order valence-corrected chi connectivity index (χ2v) is 6.00. The van der Waals surface area contributed by atoms with Crippen molar-refractivity contribution in [1.29, 1.82) is 0 Å². The van der Waals surface area contributed by atoms with Crippen LogP contribution in [0.25, 0.3) is 11.2 Å². The van der Waals surface area contributed by atoms with E-state index in [2.05, 4.69) is 43.4 Å². The molecule has 0 radical (unpaired) electrons. The number of rotatable bonds is 6. The zero-order chi connectivity index (χ0) is 17.1. The predicted molar refractivity (Wildman–Crippen MR) is 94.3 cm³/mol. The summed E-state index contributed by atoms with van der Waals surface area (Å²) < 4.78 is 1.95. The van der Waals surface area contributed by atoms with E-state index >= 15 is 0 Å². The monoisotopic (exact) mass is 334 g/mol. The predicted octanol–water partition coefficient (Wildman–Crippen LogP) is 2.07. The third-order valence-corrected chi connectivity index (χ3v) is 4.10. The topological polar surface area (TPSA) is 92.2 Å². The maximum atomic E-state index is 11.7.